The summed E-state index contributed by atoms with van der Waals surface area (Å²) in [5, 5.41) is 3.75. The van der Waals surface area contributed by atoms with Gasteiger partial charge >= 0.3 is 0 Å². The van der Waals surface area contributed by atoms with Gasteiger partial charge < -0.3 is 15.1 Å². The van der Waals surface area contributed by atoms with Crippen LogP contribution >= 0.6 is 11.6 Å². The Morgan fingerprint density at radius 1 is 1.13 bits per heavy atom. The summed E-state index contributed by atoms with van der Waals surface area (Å²) in [6, 6.07) is 7.84. The van der Waals surface area contributed by atoms with E-state index in [9.17, 15) is 9.59 Å². The first-order valence-corrected chi connectivity index (χ1v) is 11.6. The number of hydrogen-bond acceptors (Lipinski definition) is 3. The summed E-state index contributed by atoms with van der Waals surface area (Å²) in [6.45, 7) is 5.71. The predicted octanol–water partition coefficient (Wildman–Crippen LogP) is 4.41. The zero-order valence-corrected chi connectivity index (χ0v) is 18.8. The van der Waals surface area contributed by atoms with Gasteiger partial charge in [0.15, 0.2) is 0 Å². The van der Waals surface area contributed by atoms with Crippen molar-refractivity contribution < 1.29 is 9.59 Å². The Balaban J connectivity index is 1.34. The lowest BCUT2D eigenvalue weighted by Crippen LogP contribution is -2.49. The minimum Gasteiger partial charge on any atom is -0.368 e. The third-order valence-electron chi connectivity index (χ3n) is 6.02. The van der Waals surface area contributed by atoms with Crippen LogP contribution in [0.3, 0.4) is 0 Å². The van der Waals surface area contributed by atoms with Gasteiger partial charge in [0.2, 0.25) is 11.8 Å². The van der Waals surface area contributed by atoms with E-state index in [0.29, 0.717) is 32.5 Å². The number of carbonyl (C=O) groups is 2. The number of amides is 2. The largest absolute Gasteiger partial charge is 0.368 e. The lowest BCUT2D eigenvalue weighted by Gasteiger charge is -2.36. The second-order valence-corrected chi connectivity index (χ2v) is 9.01. The Morgan fingerprint density at radius 2 is 1.93 bits per heavy atom. The smallest absolute Gasteiger partial charge is 0.222 e. The van der Waals surface area contributed by atoms with Crippen LogP contribution in [0, 0.1) is 5.92 Å². The van der Waals surface area contributed by atoms with E-state index in [2.05, 4.69) is 22.4 Å². The van der Waals surface area contributed by atoms with Crippen molar-refractivity contribution in [2.45, 2.75) is 51.9 Å². The van der Waals surface area contributed by atoms with Crippen molar-refractivity contribution in [1.29, 1.82) is 0 Å². The highest BCUT2D eigenvalue weighted by atomic mass is 35.5. The number of piperazine rings is 1. The molecule has 0 spiro atoms. The van der Waals surface area contributed by atoms with Crippen LogP contribution in [0.25, 0.3) is 0 Å². The number of nitrogens with one attached hydrogen (secondary N) is 1. The number of rotatable bonds is 8. The van der Waals surface area contributed by atoms with Gasteiger partial charge in [-0.05, 0) is 56.2 Å². The Labute approximate surface area is 185 Å². The van der Waals surface area contributed by atoms with Crippen molar-refractivity contribution in [2.24, 2.45) is 5.92 Å². The minimum absolute atomic E-state index is 0.0531. The molecule has 1 N–H and O–H groups in total. The molecule has 5 nitrogen and oxygen atoms in total. The van der Waals surface area contributed by atoms with E-state index in [1.807, 2.05) is 30.0 Å². The lowest BCUT2D eigenvalue weighted by molar-refractivity contribution is -0.132. The summed E-state index contributed by atoms with van der Waals surface area (Å²) in [5.41, 5.74) is 2.57. The van der Waals surface area contributed by atoms with Gasteiger partial charge in [0.1, 0.15) is 0 Å². The van der Waals surface area contributed by atoms with Gasteiger partial charge in [-0.25, -0.2) is 0 Å². The second kappa shape index (κ2) is 11.4. The zero-order valence-electron chi connectivity index (χ0n) is 18.0. The normalized spacial score (nSPS) is 18.0. The third kappa shape index (κ3) is 7.05. The number of allylic oxidation sites excluding steroid dienone is 1. The average molecular weight is 432 g/mol. The summed E-state index contributed by atoms with van der Waals surface area (Å²) in [7, 11) is 0. The molecular weight excluding hydrogens is 398 g/mol. The summed E-state index contributed by atoms with van der Waals surface area (Å²) in [6.07, 6.45) is 9.02. The van der Waals surface area contributed by atoms with Gasteiger partial charge in [-0.3, -0.25) is 9.59 Å². The maximum Gasteiger partial charge on any atom is 0.222 e. The van der Waals surface area contributed by atoms with Crippen LogP contribution in [0.5, 0.6) is 0 Å². The Bertz CT molecular complexity index is 757. The molecule has 1 unspecified atom stereocenters. The van der Waals surface area contributed by atoms with Crippen LogP contribution in [0.15, 0.2) is 35.9 Å². The van der Waals surface area contributed by atoms with Gasteiger partial charge in [0.05, 0.1) is 0 Å². The summed E-state index contributed by atoms with van der Waals surface area (Å²) in [4.78, 5) is 29.0. The first-order valence-electron chi connectivity index (χ1n) is 11.2. The van der Waals surface area contributed by atoms with E-state index < -0.39 is 0 Å². The minimum atomic E-state index is 0.0531. The molecule has 1 atom stereocenters. The highest BCUT2D eigenvalue weighted by molar-refractivity contribution is 6.30. The monoisotopic (exact) mass is 431 g/mol. The Morgan fingerprint density at radius 3 is 2.63 bits per heavy atom. The van der Waals surface area contributed by atoms with Crippen molar-refractivity contribution in [1.82, 2.24) is 10.2 Å². The number of anilines is 1. The van der Waals surface area contributed by atoms with Crippen LogP contribution in [-0.4, -0.2) is 49.4 Å². The maximum absolute atomic E-state index is 12.7. The standard InChI is InChI=1S/C24H34ClN3O2/c1-19(16-23(29)26-11-10-20-6-3-2-4-7-20)17-24(30)28-14-12-27(13-15-28)22-9-5-8-21(25)18-22/h5-6,8-9,18-19H,2-4,7,10-17H2,1H3,(H,26,29). The van der Waals surface area contributed by atoms with Gasteiger partial charge in [-0.2, -0.15) is 0 Å². The van der Waals surface area contributed by atoms with Gasteiger partial charge in [-0.1, -0.05) is 36.2 Å². The van der Waals surface area contributed by atoms with Crippen molar-refractivity contribution in [2.75, 3.05) is 37.6 Å². The van der Waals surface area contributed by atoms with Crippen LogP contribution in [0.2, 0.25) is 5.02 Å². The molecule has 1 heterocycles. The van der Waals surface area contributed by atoms with Gasteiger partial charge in [0.25, 0.3) is 0 Å². The van der Waals surface area contributed by atoms with Crippen LogP contribution < -0.4 is 10.2 Å². The molecular formula is C24H34ClN3O2. The molecule has 0 radical (unpaired) electrons. The molecule has 0 bridgehead atoms. The first-order chi connectivity index (χ1) is 14.5. The average Bonchev–Trinajstić information content (AvgIpc) is 2.74. The van der Waals surface area contributed by atoms with Gasteiger partial charge in [-0.15, -0.1) is 0 Å². The molecule has 1 aromatic carbocycles. The molecule has 3 rings (SSSR count). The quantitative estimate of drug-likeness (QED) is 0.620. The van der Waals surface area contributed by atoms with Crippen molar-refractivity contribution in [3.63, 3.8) is 0 Å². The molecule has 1 aliphatic carbocycles. The number of benzene rings is 1. The third-order valence-corrected chi connectivity index (χ3v) is 6.25. The number of hydrogen-bond donors (Lipinski definition) is 1. The molecule has 1 aromatic rings. The molecule has 2 amide bonds. The van der Waals surface area contributed by atoms with E-state index in [0.717, 1.165) is 30.2 Å². The summed E-state index contributed by atoms with van der Waals surface area (Å²) < 4.78 is 0. The Hall–Kier alpha value is -2.01. The zero-order chi connectivity index (χ0) is 21.3. The summed E-state index contributed by atoms with van der Waals surface area (Å²) >= 11 is 6.09. The lowest BCUT2D eigenvalue weighted by atomic mass is 9.97. The second-order valence-electron chi connectivity index (χ2n) is 8.57. The molecule has 0 saturated carbocycles. The van der Waals surface area contributed by atoms with Crippen LogP contribution in [0.4, 0.5) is 5.69 Å². The number of halogens is 1. The van der Waals surface area contributed by atoms with Crippen molar-refractivity contribution >= 4 is 29.1 Å². The fourth-order valence-electron chi connectivity index (χ4n) is 4.27. The van der Waals surface area contributed by atoms with Crippen molar-refractivity contribution in [3.05, 3.63) is 40.9 Å². The summed E-state index contributed by atoms with van der Waals surface area (Å²) in [5.74, 6) is 0.253. The molecule has 0 aromatic heterocycles. The fraction of sp³-hybridized carbons (Fsp3) is 0.583. The van der Waals surface area contributed by atoms with E-state index in [-0.39, 0.29) is 17.7 Å². The van der Waals surface area contributed by atoms with E-state index in [4.69, 9.17) is 11.6 Å². The molecule has 30 heavy (non-hydrogen) atoms. The van der Waals surface area contributed by atoms with Crippen LogP contribution in [-0.2, 0) is 9.59 Å². The SMILES string of the molecule is CC(CC(=O)NCCC1=CCCCC1)CC(=O)N1CCN(c2cccc(Cl)c2)CC1. The Kier molecular flexibility index (Phi) is 8.61. The van der Waals surface area contributed by atoms with E-state index >= 15 is 0 Å². The predicted molar refractivity (Wildman–Crippen MR) is 123 cm³/mol. The number of nitrogens with zero attached hydrogens (tertiary/aromatic N) is 2. The number of carbonyl (C=O) groups excluding carboxylic acids is 2. The molecule has 1 aliphatic heterocycles. The van der Waals surface area contributed by atoms with Gasteiger partial charge in [0, 0.05) is 56.3 Å². The molecule has 1 fully saturated rings. The van der Waals surface area contributed by atoms with E-state index in [1.54, 1.807) is 0 Å². The first kappa shape index (κ1) is 22.7. The topological polar surface area (TPSA) is 52.7 Å². The molecule has 1 saturated heterocycles. The fourth-order valence-corrected chi connectivity index (χ4v) is 4.45. The molecule has 2 aliphatic rings. The molecule has 6 heteroatoms. The molecule has 164 valence electrons. The highest BCUT2D eigenvalue weighted by Gasteiger charge is 2.23. The highest BCUT2D eigenvalue weighted by Crippen LogP contribution is 2.22. The maximum atomic E-state index is 12.7. The van der Waals surface area contributed by atoms with E-state index in [1.165, 1.54) is 31.3 Å². The van der Waals surface area contributed by atoms with Crippen LogP contribution in [0.1, 0.15) is 51.9 Å². The van der Waals surface area contributed by atoms with Crippen molar-refractivity contribution in [3.8, 4) is 0 Å².